The average molecular weight is 472 g/mol. The van der Waals surface area contributed by atoms with Crippen molar-refractivity contribution in [2.45, 2.75) is 17.1 Å². The molecule has 2 aromatic rings. The van der Waals surface area contributed by atoms with Crippen LogP contribution in [0.4, 0.5) is 5.69 Å². The topological polar surface area (TPSA) is 70.0 Å². The van der Waals surface area contributed by atoms with Gasteiger partial charge in [0, 0.05) is 25.9 Å². The van der Waals surface area contributed by atoms with Crippen LogP contribution < -0.4 is 0 Å². The standard InChI is InChI=1S/C19H19Cl2N3O3S2/c1-12-11-24(18(25)15-8-5-9-16(20)17(15)21)19(28-12)22-13-6-4-7-14(10-13)29(26,27)23(2)3/h4-10,12H,11H2,1-3H3. The molecule has 1 saturated heterocycles. The minimum absolute atomic E-state index is 0.129. The van der Waals surface area contributed by atoms with Crippen molar-refractivity contribution in [3.63, 3.8) is 0 Å². The number of carbonyl (C=O) groups excluding carboxylic acids is 1. The van der Waals surface area contributed by atoms with Crippen LogP contribution in [0.3, 0.4) is 0 Å². The molecule has 0 aliphatic carbocycles. The number of rotatable bonds is 4. The zero-order valence-electron chi connectivity index (χ0n) is 16.0. The van der Waals surface area contributed by atoms with E-state index in [2.05, 4.69) is 4.99 Å². The predicted octanol–water partition coefficient (Wildman–Crippen LogP) is 4.51. The van der Waals surface area contributed by atoms with Crippen molar-refractivity contribution in [3.8, 4) is 0 Å². The number of halogens is 2. The Labute approximate surface area is 184 Å². The molecule has 0 aromatic heterocycles. The second-order valence-electron chi connectivity index (χ2n) is 6.62. The number of benzene rings is 2. The number of thioether (sulfide) groups is 1. The summed E-state index contributed by atoms with van der Waals surface area (Å²) >= 11 is 13.7. The van der Waals surface area contributed by atoms with Gasteiger partial charge in [0.15, 0.2) is 5.17 Å². The maximum absolute atomic E-state index is 13.1. The van der Waals surface area contributed by atoms with Crippen LogP contribution in [0.15, 0.2) is 52.4 Å². The van der Waals surface area contributed by atoms with Crippen LogP contribution in [0.25, 0.3) is 0 Å². The van der Waals surface area contributed by atoms with Gasteiger partial charge in [-0.2, -0.15) is 0 Å². The highest BCUT2D eigenvalue weighted by atomic mass is 35.5. The lowest BCUT2D eigenvalue weighted by Gasteiger charge is -2.17. The molecule has 10 heteroatoms. The van der Waals surface area contributed by atoms with Gasteiger partial charge in [0.25, 0.3) is 5.91 Å². The first-order valence-electron chi connectivity index (χ1n) is 8.65. The Morgan fingerprint density at radius 3 is 2.59 bits per heavy atom. The normalized spacial score (nSPS) is 18.6. The van der Waals surface area contributed by atoms with Gasteiger partial charge in [-0.3, -0.25) is 9.69 Å². The summed E-state index contributed by atoms with van der Waals surface area (Å²) in [6, 6.07) is 11.2. The van der Waals surface area contributed by atoms with E-state index >= 15 is 0 Å². The SMILES string of the molecule is CC1CN(C(=O)c2cccc(Cl)c2Cl)C(=Nc2cccc(S(=O)(=O)N(C)C)c2)S1. The second kappa shape index (κ2) is 8.65. The highest BCUT2D eigenvalue weighted by Crippen LogP contribution is 2.33. The smallest absolute Gasteiger partial charge is 0.261 e. The van der Waals surface area contributed by atoms with Gasteiger partial charge in [0.2, 0.25) is 10.0 Å². The third-order valence-electron chi connectivity index (χ3n) is 4.23. The molecule has 1 aliphatic rings. The summed E-state index contributed by atoms with van der Waals surface area (Å²) in [6.45, 7) is 2.45. The summed E-state index contributed by atoms with van der Waals surface area (Å²) in [7, 11) is -0.643. The largest absolute Gasteiger partial charge is 0.286 e. The van der Waals surface area contributed by atoms with Gasteiger partial charge >= 0.3 is 0 Å². The van der Waals surface area contributed by atoms with Gasteiger partial charge in [-0.05, 0) is 30.3 Å². The lowest BCUT2D eigenvalue weighted by Crippen LogP contribution is -2.32. The van der Waals surface area contributed by atoms with Gasteiger partial charge in [0.1, 0.15) is 0 Å². The number of amides is 1. The van der Waals surface area contributed by atoms with Gasteiger partial charge in [-0.25, -0.2) is 17.7 Å². The van der Waals surface area contributed by atoms with Crippen LogP contribution in [-0.4, -0.2) is 54.6 Å². The molecule has 6 nitrogen and oxygen atoms in total. The molecule has 0 bridgehead atoms. The molecule has 2 aromatic carbocycles. The van der Waals surface area contributed by atoms with Gasteiger partial charge < -0.3 is 0 Å². The van der Waals surface area contributed by atoms with E-state index in [0.29, 0.717) is 28.0 Å². The maximum atomic E-state index is 13.1. The highest BCUT2D eigenvalue weighted by molar-refractivity contribution is 8.14. The molecule has 0 spiro atoms. The molecule has 0 radical (unpaired) electrons. The Bertz CT molecular complexity index is 1090. The molecule has 1 amide bonds. The fourth-order valence-corrected chi connectivity index (χ4v) is 5.07. The number of carbonyl (C=O) groups is 1. The molecule has 29 heavy (non-hydrogen) atoms. The first-order chi connectivity index (χ1) is 13.6. The molecular formula is C19H19Cl2N3O3S2. The molecular weight excluding hydrogens is 453 g/mol. The van der Waals surface area contributed by atoms with Crippen LogP contribution in [-0.2, 0) is 10.0 Å². The lowest BCUT2D eigenvalue weighted by molar-refractivity contribution is 0.0855. The number of hydrogen-bond donors (Lipinski definition) is 0. The van der Waals surface area contributed by atoms with E-state index in [1.165, 1.54) is 38.0 Å². The van der Waals surface area contributed by atoms with E-state index in [1.54, 1.807) is 35.2 Å². The Kier molecular flexibility index (Phi) is 6.60. The van der Waals surface area contributed by atoms with Gasteiger partial charge in [-0.15, -0.1) is 0 Å². The number of nitrogens with zero attached hydrogens (tertiary/aromatic N) is 3. The predicted molar refractivity (Wildman–Crippen MR) is 119 cm³/mol. The van der Waals surface area contributed by atoms with Crippen LogP contribution >= 0.6 is 35.0 Å². The Hall–Kier alpha value is -1.58. The van der Waals surface area contributed by atoms with E-state index in [4.69, 9.17) is 23.2 Å². The molecule has 1 heterocycles. The third-order valence-corrected chi connectivity index (χ3v) is 7.93. The zero-order chi connectivity index (χ0) is 21.3. The molecule has 1 aliphatic heterocycles. The summed E-state index contributed by atoms with van der Waals surface area (Å²) < 4.78 is 25.9. The van der Waals surface area contributed by atoms with Crippen LogP contribution in [0.2, 0.25) is 10.0 Å². The second-order valence-corrected chi connectivity index (χ2v) is 11.0. The number of sulfonamides is 1. The fourth-order valence-electron chi connectivity index (χ4n) is 2.72. The van der Waals surface area contributed by atoms with Crippen LogP contribution in [0.1, 0.15) is 17.3 Å². The van der Waals surface area contributed by atoms with E-state index in [-0.39, 0.29) is 21.1 Å². The zero-order valence-corrected chi connectivity index (χ0v) is 19.1. The average Bonchev–Trinajstić information content (AvgIpc) is 3.03. The Balaban J connectivity index is 1.98. The quantitative estimate of drug-likeness (QED) is 0.657. The summed E-state index contributed by atoms with van der Waals surface area (Å²) in [4.78, 5) is 19.3. The van der Waals surface area contributed by atoms with Crippen molar-refractivity contribution in [2.75, 3.05) is 20.6 Å². The van der Waals surface area contributed by atoms with Crippen LogP contribution in [0.5, 0.6) is 0 Å². The molecule has 0 saturated carbocycles. The fraction of sp³-hybridized carbons (Fsp3) is 0.263. The number of aliphatic imine (C=N–C) groups is 1. The molecule has 1 atom stereocenters. The minimum atomic E-state index is -3.58. The Morgan fingerprint density at radius 2 is 1.90 bits per heavy atom. The number of amidine groups is 1. The maximum Gasteiger partial charge on any atom is 0.261 e. The molecule has 1 fully saturated rings. The van der Waals surface area contributed by atoms with Gasteiger partial charge in [-0.1, -0.05) is 54.0 Å². The van der Waals surface area contributed by atoms with E-state index in [1.807, 2.05) is 6.92 Å². The highest BCUT2D eigenvalue weighted by Gasteiger charge is 2.32. The van der Waals surface area contributed by atoms with Crippen molar-refractivity contribution < 1.29 is 13.2 Å². The minimum Gasteiger partial charge on any atom is -0.286 e. The van der Waals surface area contributed by atoms with E-state index in [9.17, 15) is 13.2 Å². The van der Waals surface area contributed by atoms with E-state index in [0.717, 1.165) is 4.31 Å². The van der Waals surface area contributed by atoms with Crippen molar-refractivity contribution in [1.82, 2.24) is 9.21 Å². The molecule has 0 N–H and O–H groups in total. The molecule has 154 valence electrons. The molecule has 1 unspecified atom stereocenters. The van der Waals surface area contributed by atoms with Crippen molar-refractivity contribution in [1.29, 1.82) is 0 Å². The summed E-state index contributed by atoms with van der Waals surface area (Å²) in [5, 5.41) is 1.11. The van der Waals surface area contributed by atoms with Crippen LogP contribution in [0, 0.1) is 0 Å². The van der Waals surface area contributed by atoms with Crippen molar-refractivity contribution >= 4 is 61.7 Å². The molecule has 3 rings (SSSR count). The van der Waals surface area contributed by atoms with E-state index < -0.39 is 10.0 Å². The summed E-state index contributed by atoms with van der Waals surface area (Å²) in [5.74, 6) is -0.301. The van der Waals surface area contributed by atoms with Crippen molar-refractivity contribution in [3.05, 3.63) is 58.1 Å². The summed E-state index contributed by atoms with van der Waals surface area (Å²) in [6.07, 6.45) is 0. The monoisotopic (exact) mass is 471 g/mol. The number of hydrogen-bond acceptors (Lipinski definition) is 5. The lowest BCUT2D eigenvalue weighted by atomic mass is 10.2. The summed E-state index contributed by atoms with van der Waals surface area (Å²) in [5.41, 5.74) is 0.741. The van der Waals surface area contributed by atoms with Crippen molar-refractivity contribution in [2.24, 2.45) is 4.99 Å². The Morgan fingerprint density at radius 1 is 1.21 bits per heavy atom. The first kappa shape index (κ1) is 22.1. The first-order valence-corrected chi connectivity index (χ1v) is 11.7. The van der Waals surface area contributed by atoms with Gasteiger partial charge in [0.05, 0.1) is 26.2 Å². The third kappa shape index (κ3) is 4.62.